The molecule has 1 atom stereocenters. The molecule has 4 heteroatoms. The molecular weight excluding hydrogens is 176 g/mol. The van der Waals surface area contributed by atoms with Crippen molar-refractivity contribution in [3.05, 3.63) is 11.6 Å². The minimum atomic E-state index is -0.420. The topological polar surface area (TPSA) is 69.1 Å². The highest BCUT2D eigenvalue weighted by molar-refractivity contribution is 6.15. The largest absolute Gasteiger partial charge is 0.366 e. The van der Waals surface area contributed by atoms with Gasteiger partial charge in [0.25, 0.3) is 0 Å². The zero-order valence-corrected chi connectivity index (χ0v) is 8.56. The molecule has 1 unspecified atom stereocenters. The predicted molar refractivity (Wildman–Crippen MR) is 53.0 cm³/mol. The summed E-state index contributed by atoms with van der Waals surface area (Å²) in [6, 6.07) is -0.206. The van der Waals surface area contributed by atoms with Crippen LogP contribution >= 0.6 is 11.6 Å². The number of hydrogen-bond acceptors (Lipinski definition) is 2. The monoisotopic (exact) mass is 192 g/mol. The maximum Gasteiger partial charge on any atom is 0.245 e. The lowest BCUT2D eigenvalue weighted by Gasteiger charge is -2.08. The maximum absolute atomic E-state index is 10.6. The first kappa shape index (κ1) is 14.0. The Balaban J connectivity index is 0. The first-order chi connectivity index (χ1) is 5.63. The number of alkyl halides is 1. The van der Waals surface area contributed by atoms with Crippen molar-refractivity contribution in [2.24, 2.45) is 11.5 Å². The van der Waals surface area contributed by atoms with Crippen LogP contribution in [0.5, 0.6) is 0 Å². The summed E-state index contributed by atoms with van der Waals surface area (Å²) in [4.78, 5) is 10.6. The molecule has 1 amide bonds. The number of hydrogen-bond donors (Lipinski definition) is 2. The maximum atomic E-state index is 10.6. The van der Waals surface area contributed by atoms with Gasteiger partial charge in [0.05, 0.1) is 0 Å². The number of rotatable bonds is 3. The molecule has 0 bridgehead atoms. The van der Waals surface area contributed by atoms with Crippen molar-refractivity contribution in [3.8, 4) is 0 Å². The van der Waals surface area contributed by atoms with Gasteiger partial charge in [0, 0.05) is 18.0 Å². The number of allylic oxidation sites excluding steroid dienone is 1. The Morgan fingerprint density at radius 2 is 2.00 bits per heavy atom. The highest BCUT2D eigenvalue weighted by atomic mass is 35.5. The Labute approximate surface area is 78.8 Å². The van der Waals surface area contributed by atoms with Crippen molar-refractivity contribution < 1.29 is 4.79 Å². The van der Waals surface area contributed by atoms with Crippen molar-refractivity contribution in [2.75, 3.05) is 6.38 Å². The van der Waals surface area contributed by atoms with Gasteiger partial charge in [0.2, 0.25) is 5.91 Å². The standard InChI is InChI=1S/C7H14N2O.CH3Cl/c1-3-5(7(9)10)6(8)4-2;1-2/h3,6H,4,8H2,1-2H3,(H2,9,10);1H3. The van der Waals surface area contributed by atoms with Crippen LogP contribution in [0.3, 0.4) is 0 Å². The third kappa shape index (κ3) is 5.16. The number of primary amides is 1. The molecule has 0 heterocycles. The summed E-state index contributed by atoms with van der Waals surface area (Å²) in [5, 5.41) is 0. The van der Waals surface area contributed by atoms with E-state index in [1.54, 1.807) is 13.0 Å². The van der Waals surface area contributed by atoms with Crippen molar-refractivity contribution >= 4 is 17.5 Å². The lowest BCUT2D eigenvalue weighted by molar-refractivity contribution is -0.114. The molecule has 0 radical (unpaired) electrons. The molecule has 0 saturated heterocycles. The van der Waals surface area contributed by atoms with Crippen LogP contribution < -0.4 is 11.5 Å². The lowest BCUT2D eigenvalue weighted by Crippen LogP contribution is -2.30. The first-order valence-electron chi connectivity index (χ1n) is 3.72. The van der Waals surface area contributed by atoms with Crippen molar-refractivity contribution in [1.82, 2.24) is 0 Å². The van der Waals surface area contributed by atoms with Gasteiger partial charge in [-0.25, -0.2) is 0 Å². The molecule has 0 aromatic heterocycles. The molecule has 0 rings (SSSR count). The number of nitrogens with two attached hydrogens (primary N) is 2. The van der Waals surface area contributed by atoms with Gasteiger partial charge in [-0.05, 0) is 13.3 Å². The number of carbonyl (C=O) groups excluding carboxylic acids is 1. The van der Waals surface area contributed by atoms with E-state index >= 15 is 0 Å². The molecule has 0 fully saturated rings. The summed E-state index contributed by atoms with van der Waals surface area (Å²) >= 11 is 4.64. The van der Waals surface area contributed by atoms with E-state index < -0.39 is 5.91 Å². The van der Waals surface area contributed by atoms with E-state index in [4.69, 9.17) is 11.5 Å². The van der Waals surface area contributed by atoms with E-state index in [1.807, 2.05) is 6.92 Å². The fraction of sp³-hybridized carbons (Fsp3) is 0.625. The molecule has 0 aliphatic rings. The minimum Gasteiger partial charge on any atom is -0.366 e. The van der Waals surface area contributed by atoms with Crippen LogP contribution in [0, 0.1) is 0 Å². The van der Waals surface area contributed by atoms with Crippen LogP contribution in [0.2, 0.25) is 0 Å². The minimum absolute atomic E-state index is 0.206. The number of halogens is 1. The number of amides is 1. The third-order valence-corrected chi connectivity index (χ3v) is 1.43. The van der Waals surface area contributed by atoms with E-state index in [2.05, 4.69) is 11.6 Å². The van der Waals surface area contributed by atoms with E-state index in [-0.39, 0.29) is 6.04 Å². The highest BCUT2D eigenvalue weighted by Gasteiger charge is 2.10. The lowest BCUT2D eigenvalue weighted by atomic mass is 10.1. The molecule has 72 valence electrons. The van der Waals surface area contributed by atoms with Gasteiger partial charge in [-0.15, -0.1) is 11.6 Å². The second-order valence-electron chi connectivity index (χ2n) is 2.12. The zero-order chi connectivity index (χ0) is 10.1. The number of carbonyl (C=O) groups is 1. The van der Waals surface area contributed by atoms with Crippen LogP contribution in [0.1, 0.15) is 20.3 Å². The van der Waals surface area contributed by atoms with Gasteiger partial charge in [-0.1, -0.05) is 13.0 Å². The Morgan fingerprint density at radius 1 is 1.58 bits per heavy atom. The van der Waals surface area contributed by atoms with E-state index in [9.17, 15) is 4.79 Å². The molecule has 0 aromatic carbocycles. The summed E-state index contributed by atoms with van der Waals surface area (Å²) in [6.07, 6.45) is 3.87. The van der Waals surface area contributed by atoms with E-state index in [0.29, 0.717) is 5.57 Å². The molecule has 4 N–H and O–H groups in total. The summed E-state index contributed by atoms with van der Waals surface area (Å²) in [7, 11) is 0. The van der Waals surface area contributed by atoms with Gasteiger partial charge in [0.15, 0.2) is 0 Å². The normalized spacial score (nSPS) is 12.9. The second-order valence-corrected chi connectivity index (χ2v) is 2.12. The molecular formula is C8H17ClN2O. The summed E-state index contributed by atoms with van der Waals surface area (Å²) in [5.74, 6) is -0.420. The van der Waals surface area contributed by atoms with Crippen molar-refractivity contribution in [2.45, 2.75) is 26.3 Å². The van der Waals surface area contributed by atoms with Crippen LogP contribution in [0.4, 0.5) is 0 Å². The summed E-state index contributed by atoms with van der Waals surface area (Å²) < 4.78 is 0. The average Bonchev–Trinajstić information content (AvgIpc) is 2.08. The van der Waals surface area contributed by atoms with Crippen LogP contribution in [0.25, 0.3) is 0 Å². The zero-order valence-electron chi connectivity index (χ0n) is 7.80. The smallest absolute Gasteiger partial charge is 0.245 e. The molecule has 3 nitrogen and oxygen atoms in total. The molecule has 0 aliphatic carbocycles. The van der Waals surface area contributed by atoms with Gasteiger partial charge in [0.1, 0.15) is 0 Å². The summed E-state index contributed by atoms with van der Waals surface area (Å²) in [6.45, 7) is 3.67. The van der Waals surface area contributed by atoms with E-state index in [0.717, 1.165) is 6.42 Å². The van der Waals surface area contributed by atoms with Crippen molar-refractivity contribution in [1.29, 1.82) is 0 Å². The van der Waals surface area contributed by atoms with Gasteiger partial charge in [-0.2, -0.15) is 0 Å². The Bertz CT molecular complexity index is 157. The Kier molecular flexibility index (Phi) is 9.99. The second kappa shape index (κ2) is 8.56. The molecule has 0 saturated carbocycles. The molecule has 0 spiro atoms. The Hall–Kier alpha value is -0.540. The van der Waals surface area contributed by atoms with Gasteiger partial charge >= 0.3 is 0 Å². The molecule has 12 heavy (non-hydrogen) atoms. The van der Waals surface area contributed by atoms with Crippen LogP contribution in [-0.4, -0.2) is 18.3 Å². The SMILES string of the molecule is CC=C(C(N)=O)C(N)CC.CCl. The van der Waals surface area contributed by atoms with Crippen LogP contribution in [0.15, 0.2) is 11.6 Å². The molecule has 0 aliphatic heterocycles. The Morgan fingerprint density at radius 3 is 2.08 bits per heavy atom. The summed E-state index contributed by atoms with van der Waals surface area (Å²) in [5.41, 5.74) is 11.1. The highest BCUT2D eigenvalue weighted by Crippen LogP contribution is 2.01. The fourth-order valence-electron chi connectivity index (χ4n) is 0.759. The predicted octanol–water partition coefficient (Wildman–Crippen LogP) is 1.01. The molecule has 0 aromatic rings. The van der Waals surface area contributed by atoms with Gasteiger partial charge in [-0.3, -0.25) is 4.79 Å². The van der Waals surface area contributed by atoms with E-state index in [1.165, 1.54) is 6.38 Å². The first-order valence-corrected chi connectivity index (χ1v) is 4.48. The average molecular weight is 193 g/mol. The quantitative estimate of drug-likeness (QED) is 0.518. The van der Waals surface area contributed by atoms with Gasteiger partial charge < -0.3 is 11.5 Å². The van der Waals surface area contributed by atoms with Crippen molar-refractivity contribution in [3.63, 3.8) is 0 Å². The third-order valence-electron chi connectivity index (χ3n) is 1.43. The van der Waals surface area contributed by atoms with Crippen LogP contribution in [-0.2, 0) is 4.79 Å². The fourth-order valence-corrected chi connectivity index (χ4v) is 0.759.